The first-order chi connectivity index (χ1) is 6.83. The highest BCUT2D eigenvalue weighted by Gasteiger charge is 2.00. The lowest BCUT2D eigenvalue weighted by Gasteiger charge is -1.97. The molecule has 0 aliphatic carbocycles. The molecule has 0 saturated heterocycles. The normalized spacial score (nSPS) is 10.6. The predicted octanol–water partition coefficient (Wildman–Crippen LogP) is 2.93. The number of rotatable bonds is 3. The average molecular weight is 187 g/mol. The summed E-state index contributed by atoms with van der Waals surface area (Å²) in [5.74, 6) is 0. The van der Waals surface area contributed by atoms with Gasteiger partial charge in [-0.3, -0.25) is 4.79 Å². The highest BCUT2D eigenvalue weighted by atomic mass is 16.1. The van der Waals surface area contributed by atoms with Crippen molar-refractivity contribution in [3.63, 3.8) is 0 Å². The van der Waals surface area contributed by atoms with Crippen molar-refractivity contribution in [2.75, 3.05) is 0 Å². The third-order valence-corrected chi connectivity index (χ3v) is 2.37. The van der Waals surface area contributed by atoms with Crippen molar-refractivity contribution in [1.82, 2.24) is 4.98 Å². The lowest BCUT2D eigenvalue weighted by atomic mass is 10.1. The van der Waals surface area contributed by atoms with Crippen molar-refractivity contribution < 1.29 is 4.79 Å². The number of carbonyl (C=O) groups excluding carboxylic acids is 1. The van der Waals surface area contributed by atoms with Crippen LogP contribution >= 0.6 is 0 Å². The number of hydrogen-bond donors (Lipinski definition) is 1. The molecule has 14 heavy (non-hydrogen) atoms. The molecule has 1 N–H and O–H groups in total. The Morgan fingerprint density at radius 2 is 2.21 bits per heavy atom. The number of H-pyrrole nitrogens is 1. The number of hydrogen-bond acceptors (Lipinski definition) is 1. The Hall–Kier alpha value is -1.57. The van der Waals surface area contributed by atoms with Gasteiger partial charge < -0.3 is 4.98 Å². The quantitative estimate of drug-likeness (QED) is 0.736. The van der Waals surface area contributed by atoms with Crippen LogP contribution in [0.15, 0.2) is 24.3 Å². The van der Waals surface area contributed by atoms with Gasteiger partial charge in [-0.05, 0) is 30.2 Å². The van der Waals surface area contributed by atoms with E-state index in [1.165, 1.54) is 5.56 Å². The van der Waals surface area contributed by atoms with E-state index in [1.807, 2.05) is 12.1 Å². The molecule has 0 amide bonds. The van der Waals surface area contributed by atoms with E-state index in [9.17, 15) is 4.79 Å². The maximum atomic E-state index is 10.6. The van der Waals surface area contributed by atoms with Gasteiger partial charge in [-0.2, -0.15) is 0 Å². The van der Waals surface area contributed by atoms with Crippen LogP contribution in [0, 0.1) is 0 Å². The summed E-state index contributed by atoms with van der Waals surface area (Å²) in [6.07, 6.45) is 3.09. The van der Waals surface area contributed by atoms with Crippen molar-refractivity contribution in [3.8, 4) is 0 Å². The summed E-state index contributed by atoms with van der Waals surface area (Å²) < 4.78 is 0. The summed E-state index contributed by atoms with van der Waals surface area (Å²) in [5.41, 5.74) is 3.01. The first-order valence-electron chi connectivity index (χ1n) is 4.90. The largest absolute Gasteiger partial charge is 0.352 e. The van der Waals surface area contributed by atoms with Crippen LogP contribution in [0.1, 0.15) is 29.4 Å². The summed E-state index contributed by atoms with van der Waals surface area (Å²) in [7, 11) is 0. The molecule has 0 aliphatic heterocycles. The molecular weight excluding hydrogens is 174 g/mol. The van der Waals surface area contributed by atoms with Gasteiger partial charge in [-0.1, -0.05) is 19.4 Å². The zero-order valence-corrected chi connectivity index (χ0v) is 8.21. The number of nitrogens with one attached hydrogen (secondary N) is 1. The van der Waals surface area contributed by atoms with Gasteiger partial charge in [0.1, 0.15) is 0 Å². The van der Waals surface area contributed by atoms with Crippen molar-refractivity contribution >= 4 is 17.2 Å². The standard InChI is InChI=1S/C12H13NO/c1-2-3-9-4-5-12-10(6-9)7-11(8-14)13-12/h4-8,13H,2-3H2,1H3. The van der Waals surface area contributed by atoms with Crippen LogP contribution in [-0.4, -0.2) is 11.3 Å². The summed E-state index contributed by atoms with van der Waals surface area (Å²) in [5, 5.41) is 1.12. The average Bonchev–Trinajstić information content (AvgIpc) is 2.60. The minimum Gasteiger partial charge on any atom is -0.352 e. The summed E-state index contributed by atoms with van der Waals surface area (Å²) in [4.78, 5) is 13.6. The number of fused-ring (bicyclic) bond motifs is 1. The lowest BCUT2D eigenvalue weighted by Crippen LogP contribution is -1.81. The van der Waals surface area contributed by atoms with E-state index in [0.29, 0.717) is 5.69 Å². The Morgan fingerprint density at radius 1 is 1.36 bits per heavy atom. The fraction of sp³-hybridized carbons (Fsp3) is 0.250. The van der Waals surface area contributed by atoms with Gasteiger partial charge in [0.2, 0.25) is 0 Å². The van der Waals surface area contributed by atoms with Crippen LogP contribution in [0.2, 0.25) is 0 Å². The highest BCUT2D eigenvalue weighted by Crippen LogP contribution is 2.17. The Bertz CT molecular complexity index is 456. The Labute approximate surface area is 82.9 Å². The molecule has 1 aromatic carbocycles. The molecular formula is C12H13NO. The molecule has 2 nitrogen and oxygen atoms in total. The third-order valence-electron chi connectivity index (χ3n) is 2.37. The Balaban J connectivity index is 2.48. The first kappa shape index (κ1) is 9.00. The Kier molecular flexibility index (Phi) is 2.35. The zero-order valence-electron chi connectivity index (χ0n) is 8.21. The molecule has 0 saturated carbocycles. The molecule has 1 heterocycles. The van der Waals surface area contributed by atoms with Gasteiger partial charge in [0.15, 0.2) is 6.29 Å². The molecule has 2 rings (SSSR count). The van der Waals surface area contributed by atoms with Gasteiger partial charge >= 0.3 is 0 Å². The molecule has 2 heteroatoms. The lowest BCUT2D eigenvalue weighted by molar-refractivity contribution is 0.112. The minimum atomic E-state index is 0.647. The maximum Gasteiger partial charge on any atom is 0.166 e. The molecule has 0 spiro atoms. The van der Waals surface area contributed by atoms with E-state index < -0.39 is 0 Å². The monoisotopic (exact) mass is 187 g/mol. The molecule has 2 aromatic rings. The van der Waals surface area contributed by atoms with E-state index in [4.69, 9.17) is 0 Å². The molecule has 0 radical (unpaired) electrons. The Morgan fingerprint density at radius 3 is 2.93 bits per heavy atom. The molecule has 0 aliphatic rings. The minimum absolute atomic E-state index is 0.647. The maximum absolute atomic E-state index is 10.6. The smallest absolute Gasteiger partial charge is 0.166 e. The number of aromatic nitrogens is 1. The molecule has 0 fully saturated rings. The van der Waals surface area contributed by atoms with E-state index in [0.717, 1.165) is 30.0 Å². The van der Waals surface area contributed by atoms with Crippen molar-refractivity contribution in [2.45, 2.75) is 19.8 Å². The van der Waals surface area contributed by atoms with E-state index >= 15 is 0 Å². The summed E-state index contributed by atoms with van der Waals surface area (Å²) in [6, 6.07) is 8.17. The van der Waals surface area contributed by atoms with Gasteiger partial charge in [0.25, 0.3) is 0 Å². The zero-order chi connectivity index (χ0) is 9.97. The van der Waals surface area contributed by atoms with Gasteiger partial charge in [-0.25, -0.2) is 0 Å². The van der Waals surface area contributed by atoms with Crippen molar-refractivity contribution in [1.29, 1.82) is 0 Å². The fourth-order valence-electron chi connectivity index (χ4n) is 1.71. The van der Waals surface area contributed by atoms with Gasteiger partial charge in [-0.15, -0.1) is 0 Å². The van der Waals surface area contributed by atoms with Crippen LogP contribution in [0.3, 0.4) is 0 Å². The molecule has 0 unspecified atom stereocenters. The number of aldehydes is 1. The highest BCUT2D eigenvalue weighted by molar-refractivity contribution is 5.88. The van der Waals surface area contributed by atoms with Gasteiger partial charge in [0, 0.05) is 10.9 Å². The number of aromatic amines is 1. The van der Waals surface area contributed by atoms with Crippen LogP contribution in [0.5, 0.6) is 0 Å². The van der Waals surface area contributed by atoms with Crippen LogP contribution in [0.25, 0.3) is 10.9 Å². The fourth-order valence-corrected chi connectivity index (χ4v) is 1.71. The summed E-state index contributed by atoms with van der Waals surface area (Å²) >= 11 is 0. The van der Waals surface area contributed by atoms with E-state index in [-0.39, 0.29) is 0 Å². The topological polar surface area (TPSA) is 32.9 Å². The second-order valence-corrected chi connectivity index (χ2v) is 3.51. The summed E-state index contributed by atoms with van der Waals surface area (Å²) in [6.45, 7) is 2.16. The van der Waals surface area contributed by atoms with Crippen LogP contribution < -0.4 is 0 Å². The van der Waals surface area contributed by atoms with E-state index in [1.54, 1.807) is 0 Å². The number of aryl methyl sites for hydroxylation is 1. The molecule has 0 atom stereocenters. The molecule has 1 aromatic heterocycles. The van der Waals surface area contributed by atoms with Crippen LogP contribution in [-0.2, 0) is 6.42 Å². The first-order valence-corrected chi connectivity index (χ1v) is 4.90. The van der Waals surface area contributed by atoms with Crippen molar-refractivity contribution in [3.05, 3.63) is 35.5 Å². The van der Waals surface area contributed by atoms with Crippen LogP contribution in [0.4, 0.5) is 0 Å². The van der Waals surface area contributed by atoms with E-state index in [2.05, 4.69) is 24.0 Å². The predicted molar refractivity (Wildman–Crippen MR) is 57.7 cm³/mol. The number of benzene rings is 1. The van der Waals surface area contributed by atoms with Crippen molar-refractivity contribution in [2.24, 2.45) is 0 Å². The second-order valence-electron chi connectivity index (χ2n) is 3.51. The third kappa shape index (κ3) is 1.55. The molecule has 0 bridgehead atoms. The van der Waals surface area contributed by atoms with Gasteiger partial charge in [0.05, 0.1) is 5.69 Å². The molecule has 72 valence electrons. The second kappa shape index (κ2) is 3.66. The number of carbonyl (C=O) groups is 1. The SMILES string of the molecule is CCCc1ccc2[nH]c(C=O)cc2c1.